The molecule has 1 aliphatic rings. The smallest absolute Gasteiger partial charge is 0.0642 e. The minimum absolute atomic E-state index is 0.815. The Morgan fingerprint density at radius 2 is 2.12 bits per heavy atom. The molecule has 0 saturated carbocycles. The summed E-state index contributed by atoms with van der Waals surface area (Å²) < 4.78 is 5.35. The van der Waals surface area contributed by atoms with E-state index in [9.17, 15) is 0 Å². The van der Waals surface area contributed by atoms with Crippen molar-refractivity contribution in [3.63, 3.8) is 0 Å². The zero-order valence-electron chi connectivity index (χ0n) is 9.85. The van der Waals surface area contributed by atoms with Gasteiger partial charge in [-0.2, -0.15) is 12.6 Å². The molecule has 1 aromatic rings. The number of rotatable bonds is 2. The summed E-state index contributed by atoms with van der Waals surface area (Å²) in [5, 5.41) is 0. The van der Waals surface area contributed by atoms with Crippen LogP contribution in [0.2, 0.25) is 0 Å². The monoisotopic (exact) mass is 247 g/mol. The van der Waals surface area contributed by atoms with Crippen LogP contribution in [0.1, 0.15) is 12.0 Å². The summed E-state index contributed by atoms with van der Waals surface area (Å²) in [5.74, 6) is 7.10. The van der Waals surface area contributed by atoms with Gasteiger partial charge in [-0.3, -0.25) is 0 Å². The fourth-order valence-electron chi connectivity index (χ4n) is 1.82. The highest BCUT2D eigenvalue weighted by molar-refractivity contribution is 7.80. The van der Waals surface area contributed by atoms with E-state index in [0.29, 0.717) is 0 Å². The predicted molar refractivity (Wildman–Crippen MR) is 74.8 cm³/mol. The van der Waals surface area contributed by atoms with Crippen molar-refractivity contribution in [3.8, 4) is 11.8 Å². The molecule has 90 valence electrons. The van der Waals surface area contributed by atoms with Crippen LogP contribution in [0.25, 0.3) is 0 Å². The molecule has 0 radical (unpaired) electrons. The van der Waals surface area contributed by atoms with Crippen molar-refractivity contribution in [2.24, 2.45) is 0 Å². The first-order chi connectivity index (χ1) is 8.40. The first kappa shape index (κ1) is 12.3. The summed E-state index contributed by atoms with van der Waals surface area (Å²) in [6.07, 6.45) is 0.838. The number of nitrogens with zero attached hydrogens (tertiary/aromatic N) is 1. The molecular weight excluding hydrogens is 230 g/mol. The highest BCUT2D eigenvalue weighted by atomic mass is 32.1. The van der Waals surface area contributed by atoms with Gasteiger partial charge in [0.25, 0.3) is 0 Å². The third-order valence-electron chi connectivity index (χ3n) is 2.69. The molecule has 0 atom stereocenters. The van der Waals surface area contributed by atoms with E-state index >= 15 is 0 Å². The Labute approximate surface area is 108 Å². The maximum absolute atomic E-state index is 5.35. The van der Waals surface area contributed by atoms with Crippen LogP contribution in [0.15, 0.2) is 24.3 Å². The van der Waals surface area contributed by atoms with Gasteiger partial charge in [0, 0.05) is 36.5 Å². The van der Waals surface area contributed by atoms with E-state index in [1.165, 1.54) is 5.69 Å². The van der Waals surface area contributed by atoms with Gasteiger partial charge in [-0.1, -0.05) is 17.9 Å². The van der Waals surface area contributed by atoms with Crippen LogP contribution in [0.3, 0.4) is 0 Å². The van der Waals surface area contributed by atoms with E-state index in [0.717, 1.165) is 44.0 Å². The van der Waals surface area contributed by atoms with Crippen LogP contribution in [-0.4, -0.2) is 32.1 Å². The summed E-state index contributed by atoms with van der Waals surface area (Å²) in [6.45, 7) is 3.56. The van der Waals surface area contributed by atoms with Crippen LogP contribution in [0.4, 0.5) is 5.69 Å². The lowest BCUT2D eigenvalue weighted by Gasteiger charge is -2.28. The standard InChI is InChI=1S/C14H17NOS/c17-11-2-1-4-13-5-3-6-14(12-13)15-7-9-16-10-8-15/h3,5-6,12,17H,2,7-11H2. The topological polar surface area (TPSA) is 12.5 Å². The van der Waals surface area contributed by atoms with E-state index < -0.39 is 0 Å². The van der Waals surface area contributed by atoms with Gasteiger partial charge in [-0.05, 0) is 18.2 Å². The summed E-state index contributed by atoms with van der Waals surface area (Å²) in [5.41, 5.74) is 2.32. The van der Waals surface area contributed by atoms with Crippen molar-refractivity contribution < 1.29 is 4.74 Å². The third kappa shape index (κ3) is 3.69. The highest BCUT2D eigenvalue weighted by Gasteiger charge is 2.10. The molecular formula is C14H17NOS. The predicted octanol–water partition coefficient (Wildman–Crippen LogP) is 2.19. The lowest BCUT2D eigenvalue weighted by atomic mass is 10.2. The largest absolute Gasteiger partial charge is 0.378 e. The lowest BCUT2D eigenvalue weighted by molar-refractivity contribution is 0.122. The molecule has 1 fully saturated rings. The molecule has 0 unspecified atom stereocenters. The Hall–Kier alpha value is -1.11. The Morgan fingerprint density at radius 1 is 1.29 bits per heavy atom. The van der Waals surface area contributed by atoms with Crippen molar-refractivity contribution in [1.82, 2.24) is 0 Å². The Kier molecular flexibility index (Phi) is 4.78. The molecule has 0 N–H and O–H groups in total. The van der Waals surface area contributed by atoms with Gasteiger partial charge in [-0.25, -0.2) is 0 Å². The summed E-state index contributed by atoms with van der Waals surface area (Å²) >= 11 is 4.15. The van der Waals surface area contributed by atoms with Gasteiger partial charge in [0.1, 0.15) is 0 Å². The second-order valence-electron chi connectivity index (χ2n) is 3.93. The molecule has 1 saturated heterocycles. The number of hydrogen-bond donors (Lipinski definition) is 1. The SMILES string of the molecule is SCCC#Cc1cccc(N2CCOCC2)c1. The molecule has 2 nitrogen and oxygen atoms in total. The number of benzene rings is 1. The molecule has 0 bridgehead atoms. The average molecular weight is 247 g/mol. The van der Waals surface area contributed by atoms with Crippen LogP contribution in [0, 0.1) is 11.8 Å². The lowest BCUT2D eigenvalue weighted by Crippen LogP contribution is -2.36. The van der Waals surface area contributed by atoms with Crippen molar-refractivity contribution in [1.29, 1.82) is 0 Å². The molecule has 3 heteroatoms. The van der Waals surface area contributed by atoms with E-state index in [1.807, 2.05) is 0 Å². The quantitative estimate of drug-likeness (QED) is 0.635. The van der Waals surface area contributed by atoms with Crippen molar-refractivity contribution in [2.45, 2.75) is 6.42 Å². The number of thiol groups is 1. The number of ether oxygens (including phenoxy) is 1. The van der Waals surface area contributed by atoms with Crippen molar-refractivity contribution in [2.75, 3.05) is 37.0 Å². The zero-order valence-corrected chi connectivity index (χ0v) is 10.7. The Balaban J connectivity index is 2.08. The maximum atomic E-state index is 5.35. The molecule has 17 heavy (non-hydrogen) atoms. The molecule has 1 aliphatic heterocycles. The second kappa shape index (κ2) is 6.58. The summed E-state index contributed by atoms with van der Waals surface area (Å²) in [4.78, 5) is 2.34. The summed E-state index contributed by atoms with van der Waals surface area (Å²) in [6, 6.07) is 8.40. The Morgan fingerprint density at radius 3 is 2.88 bits per heavy atom. The first-order valence-corrected chi connectivity index (χ1v) is 6.56. The van der Waals surface area contributed by atoms with Gasteiger partial charge >= 0.3 is 0 Å². The maximum Gasteiger partial charge on any atom is 0.0642 e. The molecule has 2 rings (SSSR count). The minimum atomic E-state index is 0.815. The second-order valence-corrected chi connectivity index (χ2v) is 4.37. The van der Waals surface area contributed by atoms with Crippen LogP contribution >= 0.6 is 12.6 Å². The molecule has 0 aromatic heterocycles. The molecule has 1 aromatic carbocycles. The minimum Gasteiger partial charge on any atom is -0.378 e. The number of anilines is 1. The van der Waals surface area contributed by atoms with Crippen LogP contribution in [0.5, 0.6) is 0 Å². The Bertz CT molecular complexity index is 416. The normalized spacial score (nSPS) is 15.2. The third-order valence-corrected chi connectivity index (χ3v) is 2.92. The average Bonchev–Trinajstić information content (AvgIpc) is 2.41. The van der Waals surface area contributed by atoms with E-state index in [2.05, 4.69) is 53.6 Å². The molecule has 0 amide bonds. The fraction of sp³-hybridized carbons (Fsp3) is 0.429. The fourth-order valence-corrected chi connectivity index (χ4v) is 1.93. The highest BCUT2D eigenvalue weighted by Crippen LogP contribution is 2.16. The van der Waals surface area contributed by atoms with E-state index in [-0.39, 0.29) is 0 Å². The van der Waals surface area contributed by atoms with Gasteiger partial charge in [0.15, 0.2) is 0 Å². The van der Waals surface area contributed by atoms with Crippen LogP contribution in [-0.2, 0) is 4.74 Å². The van der Waals surface area contributed by atoms with Crippen LogP contribution < -0.4 is 4.90 Å². The molecule has 0 spiro atoms. The van der Waals surface area contributed by atoms with E-state index in [1.54, 1.807) is 0 Å². The number of hydrogen-bond acceptors (Lipinski definition) is 3. The van der Waals surface area contributed by atoms with E-state index in [4.69, 9.17) is 4.74 Å². The zero-order chi connectivity index (χ0) is 11.9. The van der Waals surface area contributed by atoms with Gasteiger partial charge in [0.05, 0.1) is 13.2 Å². The van der Waals surface area contributed by atoms with Crippen molar-refractivity contribution >= 4 is 18.3 Å². The van der Waals surface area contributed by atoms with Gasteiger partial charge < -0.3 is 9.64 Å². The van der Waals surface area contributed by atoms with Crippen molar-refractivity contribution in [3.05, 3.63) is 29.8 Å². The first-order valence-electron chi connectivity index (χ1n) is 5.92. The molecule has 0 aliphatic carbocycles. The molecule has 1 heterocycles. The van der Waals surface area contributed by atoms with Gasteiger partial charge in [-0.15, -0.1) is 0 Å². The summed E-state index contributed by atoms with van der Waals surface area (Å²) in [7, 11) is 0. The number of morpholine rings is 1. The van der Waals surface area contributed by atoms with Gasteiger partial charge in [0.2, 0.25) is 0 Å².